The fraction of sp³-hybridized carbons (Fsp3) is 0.471. The van der Waals surface area contributed by atoms with Gasteiger partial charge in [-0.3, -0.25) is 14.7 Å². The van der Waals surface area contributed by atoms with Gasteiger partial charge in [0.2, 0.25) is 0 Å². The number of methoxy groups -OCH3 is 1. The predicted molar refractivity (Wildman–Crippen MR) is 174 cm³/mol. The molecular weight excluding hydrogens is 566 g/mol. The van der Waals surface area contributed by atoms with Crippen LogP contribution in [0, 0.1) is 5.41 Å². The molecule has 1 amide bonds. The quantitative estimate of drug-likeness (QED) is 0.277. The number of imidazole rings is 1. The lowest BCUT2D eigenvalue weighted by molar-refractivity contribution is -0.0282. The number of nitrogens with one attached hydrogen (secondary N) is 3. The van der Waals surface area contributed by atoms with Gasteiger partial charge >= 0.3 is 0 Å². The van der Waals surface area contributed by atoms with E-state index in [1.807, 2.05) is 19.3 Å². The number of likely N-dealkylation sites (tertiary alicyclic amines) is 1. The minimum Gasteiger partial charge on any atom is -0.385 e. The zero-order valence-corrected chi connectivity index (χ0v) is 26.1. The van der Waals surface area contributed by atoms with Gasteiger partial charge in [0.05, 0.1) is 29.7 Å². The number of carbonyl (C=O) groups excluding carboxylic acids is 1. The molecule has 1 spiro atoms. The predicted octanol–water partition coefficient (Wildman–Crippen LogP) is 3.62. The van der Waals surface area contributed by atoms with Crippen LogP contribution in [0.4, 0.5) is 17.2 Å². The topological polar surface area (TPSA) is 112 Å². The van der Waals surface area contributed by atoms with Crippen molar-refractivity contribution >= 4 is 28.7 Å². The first kappa shape index (κ1) is 28.4. The third-order valence-electron chi connectivity index (χ3n) is 10.4. The fourth-order valence-electron chi connectivity index (χ4n) is 7.72. The maximum atomic E-state index is 13.3. The van der Waals surface area contributed by atoms with Crippen LogP contribution in [0.2, 0.25) is 0 Å². The summed E-state index contributed by atoms with van der Waals surface area (Å²) in [4.78, 5) is 27.5. The molecule has 3 fully saturated rings. The highest BCUT2D eigenvalue weighted by Gasteiger charge is 2.43. The monoisotopic (exact) mass is 607 g/mol. The van der Waals surface area contributed by atoms with Gasteiger partial charge in [0, 0.05) is 63.9 Å². The summed E-state index contributed by atoms with van der Waals surface area (Å²) in [6, 6.07) is 12.8. The molecule has 45 heavy (non-hydrogen) atoms. The maximum absolute atomic E-state index is 13.3. The highest BCUT2D eigenvalue weighted by molar-refractivity contribution is 5.94. The largest absolute Gasteiger partial charge is 0.385 e. The molecular formula is C34H41N9O2. The van der Waals surface area contributed by atoms with E-state index in [-0.39, 0.29) is 18.1 Å². The van der Waals surface area contributed by atoms with Gasteiger partial charge in [0.15, 0.2) is 17.2 Å². The van der Waals surface area contributed by atoms with E-state index in [0.29, 0.717) is 16.8 Å². The third-order valence-corrected chi connectivity index (χ3v) is 10.4. The molecule has 1 saturated carbocycles. The lowest BCUT2D eigenvalue weighted by Crippen LogP contribution is -2.59. The lowest BCUT2D eigenvalue weighted by atomic mass is 9.72. The highest BCUT2D eigenvalue weighted by Crippen LogP contribution is 2.41. The minimum absolute atomic E-state index is 0.00806. The number of hydrogen-bond donors (Lipinski definition) is 3. The summed E-state index contributed by atoms with van der Waals surface area (Å²) in [7, 11) is 3.55. The zero-order chi connectivity index (χ0) is 30.5. The van der Waals surface area contributed by atoms with Gasteiger partial charge in [-0.05, 0) is 73.9 Å². The van der Waals surface area contributed by atoms with Crippen molar-refractivity contribution in [3.05, 3.63) is 65.6 Å². The number of fused-ring (bicyclic) bond motifs is 2. The normalized spacial score (nSPS) is 22.2. The van der Waals surface area contributed by atoms with Crippen LogP contribution in [-0.2, 0) is 17.7 Å². The molecule has 2 saturated heterocycles. The molecule has 8 rings (SSSR count). The van der Waals surface area contributed by atoms with Crippen LogP contribution in [0.3, 0.4) is 0 Å². The van der Waals surface area contributed by atoms with Crippen LogP contribution in [0.5, 0.6) is 0 Å². The van der Waals surface area contributed by atoms with Crippen molar-refractivity contribution in [2.24, 2.45) is 5.41 Å². The van der Waals surface area contributed by atoms with Crippen molar-refractivity contribution < 1.29 is 9.53 Å². The van der Waals surface area contributed by atoms with E-state index in [1.165, 1.54) is 37.1 Å². The molecule has 0 bridgehead atoms. The molecule has 4 aliphatic rings. The Morgan fingerprint density at radius 3 is 2.71 bits per heavy atom. The first-order valence-electron chi connectivity index (χ1n) is 16.2. The summed E-state index contributed by atoms with van der Waals surface area (Å²) in [6.45, 7) is 6.46. The Labute approximate surface area is 263 Å². The number of hydrogen-bond acceptors (Lipinski definition) is 9. The van der Waals surface area contributed by atoms with Gasteiger partial charge in [-0.2, -0.15) is 0 Å². The Bertz CT molecular complexity index is 1720. The Hall–Kier alpha value is -4.06. The van der Waals surface area contributed by atoms with Gasteiger partial charge in [-0.1, -0.05) is 18.2 Å². The van der Waals surface area contributed by atoms with E-state index in [2.05, 4.69) is 61.1 Å². The van der Waals surface area contributed by atoms with Gasteiger partial charge in [0.1, 0.15) is 0 Å². The Kier molecular flexibility index (Phi) is 7.19. The molecule has 6 heterocycles. The fourth-order valence-corrected chi connectivity index (χ4v) is 7.72. The van der Waals surface area contributed by atoms with Gasteiger partial charge in [0.25, 0.3) is 5.91 Å². The second-order valence-corrected chi connectivity index (χ2v) is 13.1. The SMILES string of the molecule is CNc1cc(N2CCc3c(-c4ccc(CN5CC6(CCNCC6)C5)cn4)cccc32)nn2c(C(=O)N[C@@H]3CC[C@H]3OC)cnc12. The van der Waals surface area contributed by atoms with Crippen molar-refractivity contribution in [1.82, 2.24) is 35.1 Å². The number of piperidine rings is 1. The van der Waals surface area contributed by atoms with E-state index < -0.39 is 0 Å². The number of rotatable bonds is 8. The van der Waals surface area contributed by atoms with Gasteiger partial charge in [-0.25, -0.2) is 9.50 Å². The summed E-state index contributed by atoms with van der Waals surface area (Å²) >= 11 is 0. The highest BCUT2D eigenvalue weighted by atomic mass is 16.5. The molecule has 234 valence electrons. The summed E-state index contributed by atoms with van der Waals surface area (Å²) in [6.07, 6.45) is 9.03. The second-order valence-electron chi connectivity index (χ2n) is 13.1. The molecule has 11 heteroatoms. The maximum Gasteiger partial charge on any atom is 0.271 e. The molecule has 1 aliphatic carbocycles. The van der Waals surface area contributed by atoms with E-state index >= 15 is 0 Å². The number of benzene rings is 1. The summed E-state index contributed by atoms with van der Waals surface area (Å²) in [5, 5.41) is 14.8. The van der Waals surface area contributed by atoms with Gasteiger partial charge < -0.3 is 25.6 Å². The second kappa shape index (κ2) is 11.4. The first-order chi connectivity index (χ1) is 22.0. The molecule has 3 N–H and O–H groups in total. The Morgan fingerprint density at radius 1 is 1.11 bits per heavy atom. The number of aromatic nitrogens is 4. The molecule has 0 unspecified atom stereocenters. The van der Waals surface area contributed by atoms with E-state index in [4.69, 9.17) is 14.8 Å². The number of amides is 1. The van der Waals surface area contributed by atoms with Crippen molar-refractivity contribution in [3.63, 3.8) is 0 Å². The molecule has 3 aromatic heterocycles. The van der Waals surface area contributed by atoms with Crippen molar-refractivity contribution in [3.8, 4) is 11.3 Å². The van der Waals surface area contributed by atoms with Gasteiger partial charge in [-0.15, -0.1) is 5.10 Å². The third kappa shape index (κ3) is 5.03. The minimum atomic E-state index is -0.195. The van der Waals surface area contributed by atoms with E-state index in [1.54, 1.807) is 17.8 Å². The molecule has 1 aromatic carbocycles. The molecule has 11 nitrogen and oxygen atoms in total. The summed E-state index contributed by atoms with van der Waals surface area (Å²) in [5.41, 5.74) is 8.18. The number of nitrogens with zero attached hydrogens (tertiary/aromatic N) is 6. The Balaban J connectivity index is 1.03. The number of ether oxygens (including phenoxy) is 1. The summed E-state index contributed by atoms with van der Waals surface area (Å²) in [5.74, 6) is 0.567. The average Bonchev–Trinajstić information content (AvgIpc) is 3.68. The van der Waals surface area contributed by atoms with Crippen LogP contribution in [0.25, 0.3) is 16.9 Å². The zero-order valence-electron chi connectivity index (χ0n) is 26.1. The number of pyridine rings is 1. The Morgan fingerprint density at radius 2 is 1.98 bits per heavy atom. The number of carbonyl (C=O) groups is 1. The summed E-state index contributed by atoms with van der Waals surface area (Å²) < 4.78 is 7.13. The van der Waals surface area contributed by atoms with E-state index in [9.17, 15) is 4.79 Å². The molecule has 2 atom stereocenters. The molecule has 0 radical (unpaired) electrons. The van der Waals surface area contributed by atoms with Crippen molar-refractivity contribution in [2.75, 3.05) is 57.1 Å². The van der Waals surface area contributed by atoms with Crippen molar-refractivity contribution in [1.29, 1.82) is 0 Å². The first-order valence-corrected chi connectivity index (χ1v) is 16.2. The van der Waals surface area contributed by atoms with E-state index in [0.717, 1.165) is 73.9 Å². The smallest absolute Gasteiger partial charge is 0.271 e. The van der Waals surface area contributed by atoms with Crippen LogP contribution >= 0.6 is 0 Å². The average molecular weight is 608 g/mol. The van der Waals surface area contributed by atoms with Crippen LogP contribution in [0.15, 0.2) is 48.8 Å². The standard InChI is InChI=1S/C34H41N9O2/c1-35-27-16-31(40-43-29(18-38-32(27)43)33(44)39-26-8-9-30(26)45-2)42-15-10-24-23(4-3-5-28(24)42)25-7-6-22(17-37-25)19-41-20-34(21-41)11-13-36-14-12-34/h3-7,16-18,26,30,35-36H,8-15,19-21H2,1-2H3,(H,39,44)/t26-,30-/m1/s1. The van der Waals surface area contributed by atoms with Crippen molar-refractivity contribution in [2.45, 2.75) is 50.8 Å². The van der Waals surface area contributed by atoms with Crippen LogP contribution < -0.4 is 20.9 Å². The molecule has 3 aliphatic heterocycles. The molecule has 4 aromatic rings. The number of anilines is 3. The lowest BCUT2D eigenvalue weighted by Gasteiger charge is -2.52. The van der Waals surface area contributed by atoms with Crippen LogP contribution in [0.1, 0.15) is 47.3 Å². The van der Waals surface area contributed by atoms with Crippen LogP contribution in [-0.4, -0.2) is 89.4 Å².